The molecular weight excluding hydrogens is 531 g/mol. The van der Waals surface area contributed by atoms with Crippen LogP contribution < -0.4 is 0 Å². The minimum absolute atomic E-state index is 0.000740. The van der Waals surface area contributed by atoms with E-state index in [1.807, 2.05) is 60.7 Å². The molecule has 5 nitrogen and oxygen atoms in total. The quantitative estimate of drug-likeness (QED) is 0.263. The molecule has 0 bridgehead atoms. The lowest BCUT2D eigenvalue weighted by Crippen LogP contribution is -2.53. The van der Waals surface area contributed by atoms with Crippen molar-refractivity contribution < 1.29 is 22.9 Å². The zero-order valence-corrected chi connectivity index (χ0v) is 25.7. The fourth-order valence-corrected chi connectivity index (χ4v) is 10.8. The van der Waals surface area contributed by atoms with Crippen LogP contribution in [0.1, 0.15) is 89.2 Å². The molecule has 0 heterocycles. The summed E-state index contributed by atoms with van der Waals surface area (Å²) < 4.78 is 31.2. The van der Waals surface area contributed by atoms with Gasteiger partial charge in [-0.2, -0.15) is 0 Å². The Labute approximate surface area is 246 Å². The number of benzene rings is 2. The third kappa shape index (κ3) is 5.90. The minimum Gasteiger partial charge on any atom is -0.297 e. The second kappa shape index (κ2) is 12.1. The number of phosphoric ester groups is 1. The van der Waals surface area contributed by atoms with Crippen LogP contribution in [0.4, 0.5) is 0 Å². The van der Waals surface area contributed by atoms with Crippen LogP contribution in [0.25, 0.3) is 0 Å². The Morgan fingerprint density at radius 3 is 2.02 bits per heavy atom. The SMILES string of the molecule is C[C@]12CC[C@H]3[C@@H](CCC4CCCC[C@@]43C)[C@@H]1CC[C@@H]2C(=O)COP(=O)(OCc1ccccc1)OCc1ccccc1. The monoisotopic (exact) mass is 578 g/mol. The van der Waals surface area contributed by atoms with E-state index in [2.05, 4.69) is 13.8 Å². The lowest BCUT2D eigenvalue weighted by molar-refractivity contribution is -0.137. The molecular formula is C35H47O5P. The maximum Gasteiger partial charge on any atom is 0.475 e. The Hall–Kier alpha value is -1.78. The smallest absolute Gasteiger partial charge is 0.297 e. The summed E-state index contributed by atoms with van der Waals surface area (Å²) in [6.07, 6.45) is 12.7. The predicted octanol–water partition coefficient (Wildman–Crippen LogP) is 9.16. The predicted molar refractivity (Wildman–Crippen MR) is 161 cm³/mol. The first-order chi connectivity index (χ1) is 19.8. The second-order valence-electron chi connectivity index (χ2n) is 13.8. The number of Topliss-reactive ketones (excluding diaryl/α,β-unsaturated/α-hetero) is 1. The molecule has 0 aliphatic heterocycles. The normalized spacial score (nSPS) is 34.8. The highest BCUT2D eigenvalue weighted by atomic mass is 31.2. The molecule has 1 unspecified atom stereocenters. The van der Waals surface area contributed by atoms with Crippen LogP contribution >= 0.6 is 7.82 Å². The summed E-state index contributed by atoms with van der Waals surface area (Å²) >= 11 is 0. The highest BCUT2D eigenvalue weighted by Gasteiger charge is 2.60. The number of hydrogen-bond donors (Lipinski definition) is 0. The molecule has 4 aliphatic carbocycles. The van der Waals surface area contributed by atoms with Gasteiger partial charge in [-0.15, -0.1) is 0 Å². The van der Waals surface area contributed by atoms with Crippen LogP contribution in [-0.2, 0) is 36.1 Å². The first-order valence-corrected chi connectivity index (χ1v) is 17.4. The van der Waals surface area contributed by atoms with E-state index in [1.54, 1.807) is 0 Å². The van der Waals surface area contributed by atoms with Crippen LogP contribution in [0.2, 0.25) is 0 Å². The molecule has 0 amide bonds. The Morgan fingerprint density at radius 1 is 0.732 bits per heavy atom. The van der Waals surface area contributed by atoms with Gasteiger partial charge < -0.3 is 0 Å². The van der Waals surface area contributed by atoms with Gasteiger partial charge in [-0.05, 0) is 97.0 Å². The van der Waals surface area contributed by atoms with Gasteiger partial charge in [-0.25, -0.2) is 4.57 Å². The summed E-state index contributed by atoms with van der Waals surface area (Å²) in [5.41, 5.74) is 2.23. The van der Waals surface area contributed by atoms with E-state index in [0.717, 1.165) is 48.1 Å². The molecule has 0 saturated heterocycles. The van der Waals surface area contributed by atoms with Crippen molar-refractivity contribution in [2.45, 2.75) is 91.3 Å². The standard InChI is InChI=1S/C35H47O5P/c1-34-21-10-9-15-28(34)16-17-29-30-18-19-32(35(30,2)22-20-31(29)34)33(36)25-40-41(37,38-23-26-11-5-3-6-12-26)39-24-27-13-7-4-8-14-27/h3-8,11-14,28-32H,9-10,15-25H2,1-2H3/t28?,29-,30-,31-,32+,34-,35-/m0/s1. The van der Waals surface area contributed by atoms with Crippen LogP contribution in [0, 0.1) is 40.4 Å². The van der Waals surface area contributed by atoms with Crippen molar-refractivity contribution in [2.24, 2.45) is 40.4 Å². The molecule has 4 aliphatic rings. The number of carbonyl (C=O) groups excluding carboxylic acids is 1. The fourth-order valence-electron chi connectivity index (χ4n) is 9.63. The first-order valence-electron chi connectivity index (χ1n) is 15.9. The zero-order valence-electron chi connectivity index (χ0n) is 24.8. The number of hydrogen-bond acceptors (Lipinski definition) is 5. The lowest BCUT2D eigenvalue weighted by atomic mass is 9.45. The molecule has 0 N–H and O–H groups in total. The van der Waals surface area contributed by atoms with Crippen LogP contribution in [0.3, 0.4) is 0 Å². The molecule has 6 heteroatoms. The summed E-state index contributed by atoms with van der Waals surface area (Å²) in [6, 6.07) is 19.1. The van der Waals surface area contributed by atoms with Gasteiger partial charge in [0, 0.05) is 5.92 Å². The number of rotatable bonds is 10. The maximum atomic E-state index is 13.8. The molecule has 2 aromatic rings. The number of carbonyl (C=O) groups is 1. The van der Waals surface area contributed by atoms with Crippen molar-refractivity contribution in [2.75, 3.05) is 6.61 Å². The van der Waals surface area contributed by atoms with Crippen molar-refractivity contribution >= 4 is 13.6 Å². The van der Waals surface area contributed by atoms with Gasteiger partial charge in [0.2, 0.25) is 0 Å². The van der Waals surface area contributed by atoms with E-state index in [4.69, 9.17) is 13.6 Å². The van der Waals surface area contributed by atoms with E-state index in [9.17, 15) is 9.36 Å². The van der Waals surface area contributed by atoms with Crippen LogP contribution in [-0.4, -0.2) is 12.4 Å². The average molecular weight is 579 g/mol. The van der Waals surface area contributed by atoms with Crippen molar-refractivity contribution in [1.82, 2.24) is 0 Å². The molecule has 2 aromatic carbocycles. The van der Waals surface area contributed by atoms with Gasteiger partial charge in [-0.1, -0.05) is 87.4 Å². The number of ketones is 1. The maximum absolute atomic E-state index is 13.8. The molecule has 222 valence electrons. The van der Waals surface area contributed by atoms with Crippen molar-refractivity contribution in [3.63, 3.8) is 0 Å². The molecule has 0 aromatic heterocycles. The Morgan fingerprint density at radius 2 is 1.37 bits per heavy atom. The highest BCUT2D eigenvalue weighted by molar-refractivity contribution is 7.48. The van der Waals surface area contributed by atoms with Crippen molar-refractivity contribution in [1.29, 1.82) is 0 Å². The van der Waals surface area contributed by atoms with E-state index in [0.29, 0.717) is 11.3 Å². The van der Waals surface area contributed by atoms with Gasteiger partial charge >= 0.3 is 7.82 Å². The van der Waals surface area contributed by atoms with E-state index in [1.165, 1.54) is 44.9 Å². The van der Waals surface area contributed by atoms with Crippen LogP contribution in [0.5, 0.6) is 0 Å². The average Bonchev–Trinajstić information content (AvgIpc) is 3.36. The minimum atomic E-state index is -3.97. The van der Waals surface area contributed by atoms with Crippen molar-refractivity contribution in [3.05, 3.63) is 71.8 Å². The number of fused-ring (bicyclic) bond motifs is 5. The Bertz CT molecular complexity index is 1190. The summed E-state index contributed by atoms with van der Waals surface area (Å²) in [5.74, 6) is 3.05. The third-order valence-corrected chi connectivity index (χ3v) is 13.1. The second-order valence-corrected chi connectivity index (χ2v) is 15.5. The van der Waals surface area contributed by atoms with Crippen LogP contribution in [0.15, 0.2) is 60.7 Å². The van der Waals surface area contributed by atoms with Crippen molar-refractivity contribution in [3.8, 4) is 0 Å². The molecule has 41 heavy (non-hydrogen) atoms. The van der Waals surface area contributed by atoms with Gasteiger partial charge in [0.05, 0.1) is 13.2 Å². The van der Waals surface area contributed by atoms with Gasteiger partial charge in [0.25, 0.3) is 0 Å². The van der Waals surface area contributed by atoms with Gasteiger partial charge in [0.15, 0.2) is 5.78 Å². The first kappa shape index (κ1) is 29.3. The largest absolute Gasteiger partial charge is 0.475 e. The van der Waals surface area contributed by atoms with Gasteiger partial charge in [-0.3, -0.25) is 18.4 Å². The third-order valence-electron chi connectivity index (χ3n) is 11.8. The van der Waals surface area contributed by atoms with E-state index < -0.39 is 7.82 Å². The van der Waals surface area contributed by atoms with E-state index >= 15 is 0 Å². The summed E-state index contributed by atoms with van der Waals surface area (Å²) in [4.78, 5) is 13.8. The molecule has 4 fully saturated rings. The molecule has 4 saturated carbocycles. The fraction of sp³-hybridized carbons (Fsp3) is 0.629. The van der Waals surface area contributed by atoms with Gasteiger partial charge in [0.1, 0.15) is 6.61 Å². The summed E-state index contributed by atoms with van der Waals surface area (Å²) in [5, 5.41) is 0. The lowest BCUT2D eigenvalue weighted by Gasteiger charge is -2.60. The molecule has 0 spiro atoms. The Balaban J connectivity index is 1.12. The summed E-state index contributed by atoms with van der Waals surface area (Å²) in [6.45, 7) is 4.92. The van der Waals surface area contributed by atoms with E-state index in [-0.39, 0.29) is 36.9 Å². The number of phosphoric acid groups is 1. The molecule has 0 radical (unpaired) electrons. The highest BCUT2D eigenvalue weighted by Crippen LogP contribution is 2.67. The topological polar surface area (TPSA) is 61.8 Å². The molecule has 6 rings (SSSR count). The molecule has 7 atom stereocenters. The Kier molecular flexibility index (Phi) is 8.63. The summed E-state index contributed by atoms with van der Waals surface area (Å²) in [7, 11) is -3.97. The zero-order chi connectivity index (χ0) is 28.5.